The van der Waals surface area contributed by atoms with Crippen molar-refractivity contribution in [1.29, 1.82) is 0 Å². The number of hydrogen-bond acceptors (Lipinski definition) is 2. The first-order chi connectivity index (χ1) is 6.06. The quantitative estimate of drug-likeness (QED) is 0.686. The third-order valence-electron chi connectivity index (χ3n) is 2.35. The van der Waals surface area contributed by atoms with Crippen molar-refractivity contribution in [1.82, 2.24) is 5.32 Å². The summed E-state index contributed by atoms with van der Waals surface area (Å²) in [5.74, 6) is 1.56. The normalized spacial score (nSPS) is 18.2. The van der Waals surface area contributed by atoms with Crippen LogP contribution >= 0.6 is 0 Å². The Hall–Kier alpha value is 0.110. The van der Waals surface area contributed by atoms with E-state index >= 15 is 0 Å². The van der Waals surface area contributed by atoms with Gasteiger partial charge in [0, 0.05) is 28.9 Å². The van der Waals surface area contributed by atoms with Crippen molar-refractivity contribution in [3.8, 4) is 0 Å². The summed E-state index contributed by atoms with van der Waals surface area (Å²) in [6.45, 7) is 7.69. The Kier molecular flexibility index (Phi) is 7.57. The Morgan fingerprint density at radius 1 is 1.38 bits per heavy atom. The molecule has 1 N–H and O–H groups in total. The molecule has 0 aromatic heterocycles. The second kappa shape index (κ2) is 7.51. The number of hydrogen-bond donors (Lipinski definition) is 1. The Labute approximate surface area is 84.9 Å². The van der Waals surface area contributed by atoms with Crippen LogP contribution in [0.2, 0.25) is 0 Å². The number of rotatable bonds is 7. The van der Waals surface area contributed by atoms with E-state index in [0.29, 0.717) is 6.04 Å². The van der Waals surface area contributed by atoms with Crippen molar-refractivity contribution in [3.63, 3.8) is 0 Å². The van der Waals surface area contributed by atoms with Crippen molar-refractivity contribution in [2.75, 3.05) is 18.6 Å². The minimum Gasteiger partial charge on any atom is -0.314 e. The molecule has 0 aliphatic carbocycles. The van der Waals surface area contributed by atoms with E-state index in [0.717, 1.165) is 24.6 Å². The molecule has 13 heavy (non-hydrogen) atoms. The summed E-state index contributed by atoms with van der Waals surface area (Å²) in [5, 5.41) is 3.45. The maximum Gasteiger partial charge on any atom is 0.0246 e. The second-order valence-electron chi connectivity index (χ2n) is 3.89. The highest BCUT2D eigenvalue weighted by atomic mass is 32.2. The van der Waals surface area contributed by atoms with Gasteiger partial charge >= 0.3 is 0 Å². The second-order valence-corrected chi connectivity index (χ2v) is 5.44. The lowest BCUT2D eigenvalue weighted by Crippen LogP contribution is -2.31. The fourth-order valence-electron chi connectivity index (χ4n) is 0.992. The van der Waals surface area contributed by atoms with Gasteiger partial charge in [-0.15, -0.1) is 0 Å². The zero-order valence-electron chi connectivity index (χ0n) is 9.30. The van der Waals surface area contributed by atoms with E-state index < -0.39 is 10.8 Å². The molecule has 0 saturated heterocycles. The molecule has 0 aromatic rings. The Morgan fingerprint density at radius 2 is 2.00 bits per heavy atom. The standard InChI is InChI=1S/C10H23NOS/c1-5-9(2)8-11-10(3)6-7-13(4)12/h9-11H,5-8H2,1-4H3. The Morgan fingerprint density at radius 3 is 2.46 bits per heavy atom. The summed E-state index contributed by atoms with van der Waals surface area (Å²) in [5.41, 5.74) is 0. The molecule has 0 heterocycles. The van der Waals surface area contributed by atoms with Gasteiger partial charge in [0.15, 0.2) is 0 Å². The van der Waals surface area contributed by atoms with Gasteiger partial charge in [-0.2, -0.15) is 0 Å². The summed E-state index contributed by atoms with van der Waals surface area (Å²) in [4.78, 5) is 0. The van der Waals surface area contributed by atoms with Gasteiger partial charge in [0.25, 0.3) is 0 Å². The molecule has 3 unspecified atom stereocenters. The monoisotopic (exact) mass is 205 g/mol. The molecule has 0 aliphatic heterocycles. The average molecular weight is 205 g/mol. The van der Waals surface area contributed by atoms with Crippen molar-refractivity contribution < 1.29 is 4.21 Å². The summed E-state index contributed by atoms with van der Waals surface area (Å²) < 4.78 is 10.8. The molecule has 80 valence electrons. The first kappa shape index (κ1) is 13.1. The molecule has 0 aliphatic rings. The van der Waals surface area contributed by atoms with Crippen LogP contribution in [0.3, 0.4) is 0 Å². The first-order valence-electron chi connectivity index (χ1n) is 5.09. The zero-order chi connectivity index (χ0) is 10.3. The van der Waals surface area contributed by atoms with Crippen LogP contribution in [0.15, 0.2) is 0 Å². The predicted octanol–water partition coefficient (Wildman–Crippen LogP) is 1.78. The van der Waals surface area contributed by atoms with Gasteiger partial charge in [0.05, 0.1) is 0 Å². The van der Waals surface area contributed by atoms with Crippen LogP contribution in [0.4, 0.5) is 0 Å². The summed E-state index contributed by atoms with van der Waals surface area (Å²) in [6.07, 6.45) is 4.00. The summed E-state index contributed by atoms with van der Waals surface area (Å²) >= 11 is 0. The highest BCUT2D eigenvalue weighted by molar-refractivity contribution is 7.84. The van der Waals surface area contributed by atoms with Gasteiger partial charge in [0.1, 0.15) is 0 Å². The lowest BCUT2D eigenvalue weighted by atomic mass is 10.1. The maximum atomic E-state index is 10.8. The third-order valence-corrected chi connectivity index (χ3v) is 3.16. The Bertz CT molecular complexity index is 150. The molecule has 0 radical (unpaired) electrons. The molecule has 0 spiro atoms. The van der Waals surface area contributed by atoms with Crippen molar-refractivity contribution in [3.05, 3.63) is 0 Å². The van der Waals surface area contributed by atoms with Crippen LogP contribution in [0.1, 0.15) is 33.6 Å². The van der Waals surface area contributed by atoms with E-state index in [-0.39, 0.29) is 0 Å². The molecular weight excluding hydrogens is 182 g/mol. The van der Waals surface area contributed by atoms with E-state index in [2.05, 4.69) is 26.1 Å². The van der Waals surface area contributed by atoms with Crippen LogP contribution in [-0.2, 0) is 10.8 Å². The SMILES string of the molecule is CCC(C)CNC(C)CCS(C)=O. The van der Waals surface area contributed by atoms with E-state index in [4.69, 9.17) is 0 Å². The minimum absolute atomic E-state index is 0.498. The van der Waals surface area contributed by atoms with Crippen molar-refractivity contribution >= 4 is 10.8 Å². The molecule has 0 saturated carbocycles. The highest BCUT2D eigenvalue weighted by Crippen LogP contribution is 1.99. The van der Waals surface area contributed by atoms with Gasteiger partial charge < -0.3 is 5.32 Å². The van der Waals surface area contributed by atoms with Gasteiger partial charge in [-0.3, -0.25) is 4.21 Å². The van der Waals surface area contributed by atoms with Gasteiger partial charge in [-0.1, -0.05) is 20.3 Å². The maximum absolute atomic E-state index is 10.8. The van der Waals surface area contributed by atoms with Crippen LogP contribution in [0, 0.1) is 5.92 Å². The van der Waals surface area contributed by atoms with Gasteiger partial charge in [-0.25, -0.2) is 0 Å². The third kappa shape index (κ3) is 8.44. The molecule has 3 atom stereocenters. The van der Waals surface area contributed by atoms with Gasteiger partial charge in [-0.05, 0) is 25.8 Å². The average Bonchev–Trinajstić information content (AvgIpc) is 2.10. The van der Waals surface area contributed by atoms with Crippen LogP contribution < -0.4 is 5.32 Å². The van der Waals surface area contributed by atoms with E-state index in [9.17, 15) is 4.21 Å². The predicted molar refractivity (Wildman–Crippen MR) is 60.5 cm³/mol. The van der Waals surface area contributed by atoms with Crippen LogP contribution in [-0.4, -0.2) is 28.8 Å². The van der Waals surface area contributed by atoms with Gasteiger partial charge in [0.2, 0.25) is 0 Å². The van der Waals surface area contributed by atoms with Crippen molar-refractivity contribution in [2.24, 2.45) is 5.92 Å². The largest absolute Gasteiger partial charge is 0.314 e. The van der Waals surface area contributed by atoms with Crippen molar-refractivity contribution in [2.45, 2.75) is 39.7 Å². The fourth-order valence-corrected chi connectivity index (χ4v) is 1.68. The molecule has 2 nitrogen and oxygen atoms in total. The molecule has 0 amide bonds. The lowest BCUT2D eigenvalue weighted by molar-refractivity contribution is 0.447. The molecule has 3 heteroatoms. The van der Waals surface area contributed by atoms with E-state index in [1.54, 1.807) is 6.26 Å². The highest BCUT2D eigenvalue weighted by Gasteiger charge is 2.04. The smallest absolute Gasteiger partial charge is 0.0246 e. The zero-order valence-corrected chi connectivity index (χ0v) is 10.1. The van der Waals surface area contributed by atoms with Crippen LogP contribution in [0.25, 0.3) is 0 Å². The topological polar surface area (TPSA) is 29.1 Å². The Balaban J connectivity index is 3.39. The molecule has 0 rings (SSSR count). The summed E-state index contributed by atoms with van der Waals surface area (Å²) in [7, 11) is -0.642. The molecule has 0 bridgehead atoms. The molecule has 0 aromatic carbocycles. The molecular formula is C10H23NOS. The number of nitrogens with one attached hydrogen (secondary N) is 1. The van der Waals surface area contributed by atoms with E-state index in [1.165, 1.54) is 6.42 Å². The first-order valence-corrected chi connectivity index (χ1v) is 6.82. The van der Waals surface area contributed by atoms with E-state index in [1.807, 2.05) is 0 Å². The lowest BCUT2D eigenvalue weighted by Gasteiger charge is -2.16. The summed E-state index contributed by atoms with van der Waals surface area (Å²) in [6, 6.07) is 0.498. The minimum atomic E-state index is -0.642. The molecule has 0 fully saturated rings. The fraction of sp³-hybridized carbons (Fsp3) is 1.00. The van der Waals surface area contributed by atoms with Crippen LogP contribution in [0.5, 0.6) is 0 Å².